The van der Waals surface area contributed by atoms with Gasteiger partial charge in [0.15, 0.2) is 6.10 Å². The molecule has 1 amide bonds. The first-order chi connectivity index (χ1) is 21.8. The van der Waals surface area contributed by atoms with Gasteiger partial charge in [0, 0.05) is 29.6 Å². The maximum Gasteiger partial charge on any atom is 0.415 e. The summed E-state index contributed by atoms with van der Waals surface area (Å²) in [6, 6.07) is 28.8. The Balaban J connectivity index is 1.35. The van der Waals surface area contributed by atoms with Gasteiger partial charge in [0.05, 0.1) is 6.54 Å². The molecule has 4 aromatic rings. The van der Waals surface area contributed by atoms with Gasteiger partial charge in [-0.2, -0.15) is 0 Å². The number of hydrogen-bond donors (Lipinski definition) is 1. The second-order valence-corrected chi connectivity index (χ2v) is 11.0. The van der Waals surface area contributed by atoms with Crippen LogP contribution in [0.3, 0.4) is 0 Å². The average Bonchev–Trinajstić information content (AvgIpc) is 3.02. The summed E-state index contributed by atoms with van der Waals surface area (Å²) in [5.41, 5.74) is 1.79. The van der Waals surface area contributed by atoms with Crippen LogP contribution in [0.15, 0.2) is 97.1 Å². The Morgan fingerprint density at radius 2 is 1.40 bits per heavy atom. The number of carboxylic acids is 1. The summed E-state index contributed by atoms with van der Waals surface area (Å²) in [6.45, 7) is 2.98. The van der Waals surface area contributed by atoms with Crippen molar-refractivity contribution in [2.24, 2.45) is 0 Å². The lowest BCUT2D eigenvalue weighted by atomic mass is 10.1. The number of nitrogens with zero attached hydrogens (tertiary/aromatic N) is 1. The first-order valence-corrected chi connectivity index (χ1v) is 15.4. The Labute approximate surface area is 273 Å². The zero-order valence-corrected chi connectivity index (χ0v) is 26.4. The molecule has 0 aliphatic rings. The van der Waals surface area contributed by atoms with Crippen LogP contribution in [0.25, 0.3) is 0 Å². The van der Waals surface area contributed by atoms with Crippen LogP contribution in [0.5, 0.6) is 23.0 Å². The van der Waals surface area contributed by atoms with E-state index in [0.717, 1.165) is 11.1 Å². The summed E-state index contributed by atoms with van der Waals surface area (Å²) in [4.78, 5) is 26.2. The van der Waals surface area contributed by atoms with Crippen molar-refractivity contribution in [1.82, 2.24) is 4.90 Å². The Bertz CT molecular complexity index is 1500. The fourth-order valence-electron chi connectivity index (χ4n) is 4.52. The fourth-order valence-corrected chi connectivity index (χ4v) is 5.09. The van der Waals surface area contributed by atoms with Crippen LogP contribution in [-0.4, -0.2) is 54.5 Å². The number of carbonyl (C=O) groups excluding carboxylic acids is 1. The molecule has 0 radical (unpaired) electrons. The molecular formula is C35H35Cl2NO7. The number of aliphatic carboxylic acids is 1. The van der Waals surface area contributed by atoms with E-state index >= 15 is 0 Å². The minimum atomic E-state index is -1.00. The molecule has 4 aromatic carbocycles. The van der Waals surface area contributed by atoms with Gasteiger partial charge in [0.2, 0.25) is 0 Å². The van der Waals surface area contributed by atoms with Crippen molar-refractivity contribution in [1.29, 1.82) is 0 Å². The number of halogens is 2. The van der Waals surface area contributed by atoms with E-state index in [9.17, 15) is 14.7 Å². The van der Waals surface area contributed by atoms with Crippen molar-refractivity contribution in [3.05, 3.63) is 118 Å². The van der Waals surface area contributed by atoms with E-state index in [1.807, 2.05) is 42.5 Å². The van der Waals surface area contributed by atoms with Crippen molar-refractivity contribution in [2.45, 2.75) is 32.3 Å². The third-order valence-corrected chi connectivity index (χ3v) is 7.14. The van der Waals surface area contributed by atoms with Gasteiger partial charge in [0.1, 0.15) is 29.6 Å². The molecule has 8 nitrogen and oxygen atoms in total. The van der Waals surface area contributed by atoms with Crippen molar-refractivity contribution < 1.29 is 33.6 Å². The number of ether oxygens (including phenoxy) is 4. The number of carbonyl (C=O) groups is 2. The molecule has 0 fully saturated rings. The highest BCUT2D eigenvalue weighted by Gasteiger charge is 2.19. The lowest BCUT2D eigenvalue weighted by Crippen LogP contribution is -2.37. The molecule has 45 heavy (non-hydrogen) atoms. The molecule has 0 saturated carbocycles. The quantitative estimate of drug-likeness (QED) is 0.130. The van der Waals surface area contributed by atoms with Gasteiger partial charge in [0.25, 0.3) is 0 Å². The summed E-state index contributed by atoms with van der Waals surface area (Å²) in [6.07, 6.45) is 0.147. The molecule has 1 unspecified atom stereocenters. The second-order valence-electron chi connectivity index (χ2n) is 10.1. The van der Waals surface area contributed by atoms with Gasteiger partial charge >= 0.3 is 12.1 Å². The molecule has 0 bridgehead atoms. The van der Waals surface area contributed by atoms with Gasteiger partial charge < -0.3 is 29.0 Å². The Morgan fingerprint density at radius 1 is 0.778 bits per heavy atom. The van der Waals surface area contributed by atoms with Gasteiger partial charge in [-0.15, -0.1) is 0 Å². The number of carboxylic acid groups (broad SMARTS) is 1. The van der Waals surface area contributed by atoms with Gasteiger partial charge in [-0.25, -0.2) is 9.59 Å². The van der Waals surface area contributed by atoms with E-state index in [4.69, 9.17) is 42.1 Å². The highest BCUT2D eigenvalue weighted by molar-refractivity contribution is 6.34. The summed E-state index contributed by atoms with van der Waals surface area (Å²) in [5, 5.41) is 10.5. The van der Waals surface area contributed by atoms with E-state index in [-0.39, 0.29) is 19.6 Å². The first kappa shape index (κ1) is 33.6. The van der Waals surface area contributed by atoms with E-state index in [1.54, 1.807) is 66.4 Å². The predicted octanol–water partition coefficient (Wildman–Crippen LogP) is 8.33. The molecule has 0 saturated heterocycles. The molecular weight excluding hydrogens is 617 g/mol. The average molecular weight is 653 g/mol. The largest absolute Gasteiger partial charge is 0.492 e. The molecule has 1 atom stereocenters. The number of para-hydroxylation sites is 1. The summed E-state index contributed by atoms with van der Waals surface area (Å²) in [5.74, 6) is 1.31. The van der Waals surface area contributed by atoms with Crippen LogP contribution in [0.1, 0.15) is 24.5 Å². The summed E-state index contributed by atoms with van der Waals surface area (Å²) < 4.78 is 22.7. The minimum absolute atomic E-state index is 0.220. The fraction of sp³-hybridized carbons (Fsp3) is 0.257. The standard InChI is InChI=1S/C35H35Cl2NO7/c1-2-42-33(34(39)40)23-25-10-12-29(13-11-25)43-20-19-38(18-6-7-26-21-27(36)24-28(37)22-26)35(41)45-32-16-14-31(15-17-32)44-30-8-4-3-5-9-30/h3-5,8-17,21-22,24,33H,2,6-7,18-20,23H2,1H3,(H,39,40). The van der Waals surface area contributed by atoms with Crippen molar-refractivity contribution >= 4 is 35.3 Å². The minimum Gasteiger partial charge on any atom is -0.492 e. The normalized spacial score (nSPS) is 11.4. The molecule has 4 rings (SSSR count). The first-order valence-electron chi connectivity index (χ1n) is 14.6. The molecule has 1 N–H and O–H groups in total. The van der Waals surface area contributed by atoms with E-state index in [2.05, 4.69) is 0 Å². The Hall–Kier alpha value is -4.24. The number of rotatable bonds is 16. The SMILES string of the molecule is CCOC(Cc1ccc(OCCN(CCCc2cc(Cl)cc(Cl)c2)C(=O)Oc2ccc(Oc3ccccc3)cc2)cc1)C(=O)O. The van der Waals surface area contributed by atoms with E-state index < -0.39 is 18.2 Å². The zero-order chi connectivity index (χ0) is 32.0. The lowest BCUT2D eigenvalue weighted by Gasteiger charge is -2.22. The van der Waals surface area contributed by atoms with Crippen LogP contribution >= 0.6 is 23.2 Å². The molecule has 0 heterocycles. The number of aryl methyl sites for hydroxylation is 1. The van der Waals surface area contributed by atoms with Crippen LogP contribution in [0.2, 0.25) is 10.0 Å². The maximum atomic E-state index is 13.3. The Kier molecular flexibility index (Phi) is 12.9. The number of hydrogen-bond acceptors (Lipinski definition) is 6. The number of amides is 1. The summed E-state index contributed by atoms with van der Waals surface area (Å²) in [7, 11) is 0. The molecule has 10 heteroatoms. The maximum absolute atomic E-state index is 13.3. The second kappa shape index (κ2) is 17.3. The van der Waals surface area contributed by atoms with Crippen molar-refractivity contribution in [3.8, 4) is 23.0 Å². The molecule has 0 aliphatic heterocycles. The lowest BCUT2D eigenvalue weighted by molar-refractivity contribution is -0.149. The van der Waals surface area contributed by atoms with E-state index in [0.29, 0.717) is 59.0 Å². The van der Waals surface area contributed by atoms with E-state index in [1.165, 1.54) is 0 Å². The highest BCUT2D eigenvalue weighted by Crippen LogP contribution is 2.24. The Morgan fingerprint density at radius 3 is 2.04 bits per heavy atom. The molecule has 0 aromatic heterocycles. The third-order valence-electron chi connectivity index (χ3n) is 6.70. The summed E-state index contributed by atoms with van der Waals surface area (Å²) >= 11 is 12.3. The predicted molar refractivity (Wildman–Crippen MR) is 174 cm³/mol. The molecule has 0 aliphatic carbocycles. The molecule has 0 spiro atoms. The number of benzene rings is 4. The van der Waals surface area contributed by atoms with Crippen LogP contribution < -0.4 is 14.2 Å². The van der Waals surface area contributed by atoms with Crippen LogP contribution in [0.4, 0.5) is 4.79 Å². The topological polar surface area (TPSA) is 94.5 Å². The van der Waals surface area contributed by atoms with Gasteiger partial charge in [-0.1, -0.05) is 53.5 Å². The highest BCUT2D eigenvalue weighted by atomic mass is 35.5. The molecule has 236 valence electrons. The van der Waals surface area contributed by atoms with Gasteiger partial charge in [-0.3, -0.25) is 0 Å². The third kappa shape index (κ3) is 11.3. The smallest absolute Gasteiger partial charge is 0.415 e. The van der Waals surface area contributed by atoms with Crippen LogP contribution in [0, 0.1) is 0 Å². The monoisotopic (exact) mass is 651 g/mol. The van der Waals surface area contributed by atoms with Gasteiger partial charge in [-0.05, 0) is 97.6 Å². The van der Waals surface area contributed by atoms with Crippen LogP contribution in [-0.2, 0) is 22.4 Å². The van der Waals surface area contributed by atoms with Crippen molar-refractivity contribution in [3.63, 3.8) is 0 Å². The van der Waals surface area contributed by atoms with Crippen molar-refractivity contribution in [2.75, 3.05) is 26.3 Å². The zero-order valence-electron chi connectivity index (χ0n) is 24.9.